The van der Waals surface area contributed by atoms with Gasteiger partial charge in [0.05, 0.1) is 12.1 Å². The van der Waals surface area contributed by atoms with E-state index in [0.717, 1.165) is 32.1 Å². The summed E-state index contributed by atoms with van der Waals surface area (Å²) in [5.74, 6) is 0.318. The average Bonchev–Trinajstić information content (AvgIpc) is 2.89. The molecular formula is C13H23NO2. The van der Waals surface area contributed by atoms with E-state index in [9.17, 15) is 9.90 Å². The highest BCUT2D eigenvalue weighted by Crippen LogP contribution is 2.52. The van der Waals surface area contributed by atoms with Gasteiger partial charge in [0, 0.05) is 5.92 Å². The molecule has 2 aliphatic carbocycles. The van der Waals surface area contributed by atoms with Crippen molar-refractivity contribution in [1.29, 1.82) is 0 Å². The Bertz CT molecular complexity index is 280. The fraction of sp³-hybridized carbons (Fsp3) is 0.923. The second-order valence-corrected chi connectivity index (χ2v) is 6.23. The first-order chi connectivity index (χ1) is 7.49. The molecule has 2 rings (SSSR count). The molecule has 0 bridgehead atoms. The van der Waals surface area contributed by atoms with Crippen LogP contribution in [0.15, 0.2) is 0 Å². The maximum Gasteiger partial charge on any atom is 0.224 e. The molecule has 2 fully saturated rings. The summed E-state index contributed by atoms with van der Waals surface area (Å²) in [6, 6.07) is 0. The van der Waals surface area contributed by atoms with Crippen LogP contribution in [0.25, 0.3) is 0 Å². The molecule has 0 spiro atoms. The molecule has 0 saturated heterocycles. The number of carbonyl (C=O) groups excluding carboxylic acids is 1. The van der Waals surface area contributed by atoms with Gasteiger partial charge in [-0.15, -0.1) is 0 Å². The minimum Gasteiger partial charge on any atom is -0.394 e. The molecule has 2 N–H and O–H groups in total. The molecule has 1 atom stereocenters. The molecule has 0 radical (unpaired) electrons. The molecule has 2 saturated carbocycles. The predicted molar refractivity (Wildman–Crippen MR) is 62.9 cm³/mol. The van der Waals surface area contributed by atoms with E-state index >= 15 is 0 Å². The van der Waals surface area contributed by atoms with E-state index in [0.29, 0.717) is 0 Å². The van der Waals surface area contributed by atoms with Crippen LogP contribution in [0.5, 0.6) is 0 Å². The quantitative estimate of drug-likeness (QED) is 0.770. The van der Waals surface area contributed by atoms with E-state index in [1.807, 2.05) is 0 Å². The van der Waals surface area contributed by atoms with Gasteiger partial charge in [0.2, 0.25) is 5.91 Å². The standard InChI is InChI=1S/C13H23NO2/c1-12(2)8-10(12)11(16)14-13(9-15)6-4-3-5-7-13/h10,15H,3-9H2,1-2H3,(H,14,16). The first kappa shape index (κ1) is 11.9. The summed E-state index contributed by atoms with van der Waals surface area (Å²) < 4.78 is 0. The van der Waals surface area contributed by atoms with E-state index in [-0.39, 0.29) is 29.4 Å². The molecule has 92 valence electrons. The Morgan fingerprint density at radius 2 is 1.88 bits per heavy atom. The summed E-state index contributed by atoms with van der Waals surface area (Å²) >= 11 is 0. The Labute approximate surface area is 97.6 Å². The van der Waals surface area contributed by atoms with Gasteiger partial charge in [-0.25, -0.2) is 0 Å². The second-order valence-electron chi connectivity index (χ2n) is 6.23. The summed E-state index contributed by atoms with van der Waals surface area (Å²) in [6.45, 7) is 4.35. The van der Waals surface area contributed by atoms with Gasteiger partial charge in [0.25, 0.3) is 0 Å². The molecule has 1 amide bonds. The van der Waals surface area contributed by atoms with Gasteiger partial charge in [0.1, 0.15) is 0 Å². The van der Waals surface area contributed by atoms with Crippen LogP contribution >= 0.6 is 0 Å². The molecule has 3 nitrogen and oxygen atoms in total. The number of hydrogen-bond donors (Lipinski definition) is 2. The lowest BCUT2D eigenvalue weighted by Gasteiger charge is -2.36. The predicted octanol–water partition coefficient (Wildman–Crippen LogP) is 1.84. The minimum atomic E-state index is -0.312. The van der Waals surface area contributed by atoms with Crippen LogP contribution in [0.4, 0.5) is 0 Å². The smallest absolute Gasteiger partial charge is 0.224 e. The monoisotopic (exact) mass is 225 g/mol. The number of aliphatic hydroxyl groups excluding tert-OH is 1. The Morgan fingerprint density at radius 1 is 1.31 bits per heavy atom. The molecule has 0 aromatic carbocycles. The van der Waals surface area contributed by atoms with E-state index in [1.54, 1.807) is 0 Å². The summed E-state index contributed by atoms with van der Waals surface area (Å²) in [4.78, 5) is 12.0. The summed E-state index contributed by atoms with van der Waals surface area (Å²) in [7, 11) is 0. The SMILES string of the molecule is CC1(C)CC1C(=O)NC1(CO)CCCCC1. The number of nitrogens with one attached hydrogen (secondary N) is 1. The summed E-state index contributed by atoms with van der Waals surface area (Å²) in [5, 5.41) is 12.6. The number of amides is 1. The fourth-order valence-corrected chi connectivity index (χ4v) is 2.81. The lowest BCUT2D eigenvalue weighted by Crippen LogP contribution is -2.53. The van der Waals surface area contributed by atoms with Crippen molar-refractivity contribution in [3.05, 3.63) is 0 Å². The number of aliphatic hydroxyl groups is 1. The Kier molecular flexibility index (Phi) is 2.99. The summed E-state index contributed by atoms with van der Waals surface area (Å²) in [5.41, 5.74) is -0.136. The second kappa shape index (κ2) is 4.02. The van der Waals surface area contributed by atoms with Gasteiger partial charge in [-0.1, -0.05) is 33.1 Å². The number of rotatable bonds is 3. The molecule has 2 aliphatic rings. The van der Waals surface area contributed by atoms with Crippen molar-refractivity contribution in [2.75, 3.05) is 6.61 Å². The fourth-order valence-electron chi connectivity index (χ4n) is 2.81. The van der Waals surface area contributed by atoms with Gasteiger partial charge in [0.15, 0.2) is 0 Å². The number of carbonyl (C=O) groups is 1. The van der Waals surface area contributed by atoms with Crippen LogP contribution < -0.4 is 5.32 Å². The first-order valence-electron chi connectivity index (χ1n) is 6.42. The van der Waals surface area contributed by atoms with Crippen LogP contribution in [0.1, 0.15) is 52.4 Å². The highest BCUT2D eigenvalue weighted by molar-refractivity contribution is 5.83. The van der Waals surface area contributed by atoms with Crippen molar-refractivity contribution in [3.63, 3.8) is 0 Å². The maximum atomic E-state index is 12.0. The highest BCUT2D eigenvalue weighted by atomic mass is 16.3. The van der Waals surface area contributed by atoms with Crippen LogP contribution in [-0.2, 0) is 4.79 Å². The molecule has 0 heterocycles. The molecule has 0 aromatic rings. The summed E-state index contributed by atoms with van der Waals surface area (Å²) in [6.07, 6.45) is 6.32. The molecular weight excluding hydrogens is 202 g/mol. The zero-order chi connectivity index (χ0) is 11.8. The van der Waals surface area contributed by atoms with E-state index < -0.39 is 0 Å². The molecule has 16 heavy (non-hydrogen) atoms. The topological polar surface area (TPSA) is 49.3 Å². The van der Waals surface area contributed by atoms with Gasteiger partial charge in [-0.05, 0) is 24.7 Å². The zero-order valence-electron chi connectivity index (χ0n) is 10.4. The molecule has 3 heteroatoms. The van der Waals surface area contributed by atoms with Crippen LogP contribution in [0.3, 0.4) is 0 Å². The largest absolute Gasteiger partial charge is 0.394 e. The molecule has 1 unspecified atom stereocenters. The van der Waals surface area contributed by atoms with E-state index in [1.165, 1.54) is 6.42 Å². The Morgan fingerprint density at radius 3 is 2.31 bits per heavy atom. The third kappa shape index (κ3) is 2.24. The highest BCUT2D eigenvalue weighted by Gasteiger charge is 2.51. The van der Waals surface area contributed by atoms with Crippen molar-refractivity contribution in [1.82, 2.24) is 5.32 Å². The maximum absolute atomic E-state index is 12.0. The normalized spacial score (nSPS) is 30.8. The van der Waals surface area contributed by atoms with E-state index in [4.69, 9.17) is 0 Å². The third-order valence-corrected chi connectivity index (χ3v) is 4.33. The number of hydrogen-bond acceptors (Lipinski definition) is 2. The van der Waals surface area contributed by atoms with Gasteiger partial charge in [-0.2, -0.15) is 0 Å². The lowest BCUT2D eigenvalue weighted by atomic mass is 9.82. The van der Waals surface area contributed by atoms with Crippen molar-refractivity contribution in [3.8, 4) is 0 Å². The van der Waals surface area contributed by atoms with Gasteiger partial charge < -0.3 is 10.4 Å². The minimum absolute atomic E-state index is 0.0892. The van der Waals surface area contributed by atoms with Crippen molar-refractivity contribution in [2.24, 2.45) is 11.3 Å². The van der Waals surface area contributed by atoms with Crippen LogP contribution in [0, 0.1) is 11.3 Å². The average molecular weight is 225 g/mol. The molecule has 0 aliphatic heterocycles. The van der Waals surface area contributed by atoms with Crippen molar-refractivity contribution in [2.45, 2.75) is 57.9 Å². The Hall–Kier alpha value is -0.570. The van der Waals surface area contributed by atoms with E-state index in [2.05, 4.69) is 19.2 Å². The molecule has 0 aromatic heterocycles. The lowest BCUT2D eigenvalue weighted by molar-refractivity contribution is -0.126. The third-order valence-electron chi connectivity index (χ3n) is 4.33. The van der Waals surface area contributed by atoms with Crippen LogP contribution in [0.2, 0.25) is 0 Å². The van der Waals surface area contributed by atoms with Gasteiger partial charge >= 0.3 is 0 Å². The van der Waals surface area contributed by atoms with Crippen molar-refractivity contribution >= 4 is 5.91 Å². The van der Waals surface area contributed by atoms with Crippen LogP contribution in [-0.4, -0.2) is 23.2 Å². The Balaban J connectivity index is 1.94. The van der Waals surface area contributed by atoms with Gasteiger partial charge in [-0.3, -0.25) is 4.79 Å². The first-order valence-corrected chi connectivity index (χ1v) is 6.42. The van der Waals surface area contributed by atoms with Crippen molar-refractivity contribution < 1.29 is 9.90 Å². The zero-order valence-corrected chi connectivity index (χ0v) is 10.4.